The summed E-state index contributed by atoms with van der Waals surface area (Å²) in [6.07, 6.45) is 0. The zero-order valence-electron chi connectivity index (χ0n) is 34.5. The van der Waals surface area contributed by atoms with Crippen LogP contribution in [0.15, 0.2) is 0 Å². The predicted octanol–water partition coefficient (Wildman–Crippen LogP) is -7.66. The van der Waals surface area contributed by atoms with Crippen molar-refractivity contribution in [3.63, 3.8) is 0 Å². The van der Waals surface area contributed by atoms with Gasteiger partial charge in [-0.15, -0.1) is 30.7 Å². The van der Waals surface area contributed by atoms with Crippen LogP contribution in [0.2, 0.25) is 0 Å². The van der Waals surface area contributed by atoms with Gasteiger partial charge in [0.25, 0.3) is 0 Å². The van der Waals surface area contributed by atoms with Crippen LogP contribution in [0.3, 0.4) is 0 Å². The van der Waals surface area contributed by atoms with E-state index in [4.69, 9.17) is 55.9 Å². The van der Waals surface area contributed by atoms with Crippen molar-refractivity contribution in [3.8, 4) is 0 Å². The van der Waals surface area contributed by atoms with Crippen molar-refractivity contribution in [1.29, 1.82) is 0 Å². The molecule has 0 rings (SSSR count). The third-order valence-corrected chi connectivity index (χ3v) is 11.9. The third kappa shape index (κ3) is 131. The Morgan fingerprint density at radius 2 is 0.276 bits per heavy atom. The molecule has 0 saturated heterocycles. The first-order chi connectivity index (χ1) is 24.7. The molecule has 0 amide bonds. The van der Waals surface area contributed by atoms with Gasteiger partial charge >= 0.3 is 62.9 Å². The molecule has 0 unspecified atom stereocenters. The Bertz CT molecular complexity index is 921. The van der Waals surface area contributed by atoms with E-state index >= 15 is 0 Å². The SMILES string of the molecule is COP(C)(=O)OC.COP(C)(=O)OC.COP(C)(=O)OC.COP(C)(=O)OC.COP(C)(=O)OC.COP(C)(=O)OC.[Cr+3].[O-][Cl+3]([O-])([O-])[O-].[O-][Cl+3]([O-])([O-])[O-].[O-][Cl+3]([O-])([O-])[O-]. The molecular weight excluding hydrogens is 1040 g/mol. The molecule has 363 valence electrons. The number of rotatable bonds is 12. The largest absolute Gasteiger partial charge is 3.00 e. The summed E-state index contributed by atoms with van der Waals surface area (Å²) in [6, 6.07) is 0. The molecule has 0 atom stereocenters. The topological polar surface area (TPSA) is 490 Å². The maximum atomic E-state index is 10.5. The Morgan fingerprint density at radius 1 is 0.241 bits per heavy atom. The quantitative estimate of drug-likeness (QED) is 0.164. The Balaban J connectivity index is -0.0000000559. The zero-order chi connectivity index (χ0) is 49.0. The Kier molecular flexibility index (Phi) is 61.5. The van der Waals surface area contributed by atoms with E-state index in [1.54, 1.807) is 0 Å². The molecule has 0 spiro atoms. The van der Waals surface area contributed by atoms with Crippen LogP contribution < -0.4 is 55.9 Å². The predicted molar refractivity (Wildman–Crippen MR) is 165 cm³/mol. The second-order valence-electron chi connectivity index (χ2n) is 7.95. The summed E-state index contributed by atoms with van der Waals surface area (Å²) in [5, 5.41) is 0. The fourth-order valence-corrected chi connectivity index (χ4v) is 1.34. The van der Waals surface area contributed by atoms with E-state index < -0.39 is 76.3 Å². The molecule has 30 nitrogen and oxygen atoms in total. The second kappa shape index (κ2) is 42.8. The average Bonchev–Trinajstić information content (AvgIpc) is 3.07. The molecule has 0 aromatic carbocycles. The van der Waals surface area contributed by atoms with Gasteiger partial charge in [0.15, 0.2) is 0 Å². The van der Waals surface area contributed by atoms with E-state index in [2.05, 4.69) is 54.3 Å². The van der Waals surface area contributed by atoms with Crippen LogP contribution in [-0.4, -0.2) is 125 Å². The molecule has 1 radical (unpaired) electrons. The minimum Gasteiger partial charge on any atom is -0.312 e. The van der Waals surface area contributed by atoms with Gasteiger partial charge in [-0.2, -0.15) is 0 Å². The summed E-state index contributed by atoms with van der Waals surface area (Å²) in [7, 11) is -14.5. The third-order valence-electron chi connectivity index (χ3n) is 3.98. The Hall–Kier alpha value is 1.82. The van der Waals surface area contributed by atoms with Crippen molar-refractivity contribution < 1.29 is 186 Å². The molecule has 58 heavy (non-hydrogen) atoms. The molecular formula is C18H54Cl3CrO30P6. The maximum Gasteiger partial charge on any atom is 3.00 e. The van der Waals surface area contributed by atoms with Gasteiger partial charge in [-0.25, -0.2) is 55.9 Å². The summed E-state index contributed by atoms with van der Waals surface area (Å²) in [5.74, 6) is 0. The van der Waals surface area contributed by atoms with Gasteiger partial charge in [-0.1, -0.05) is 0 Å². The second-order valence-corrected chi connectivity index (χ2v) is 23.9. The summed E-state index contributed by atoms with van der Waals surface area (Å²) in [5.41, 5.74) is 0. The fraction of sp³-hybridized carbons (Fsp3) is 1.00. The van der Waals surface area contributed by atoms with Crippen molar-refractivity contribution >= 4 is 45.6 Å². The van der Waals surface area contributed by atoms with E-state index in [-0.39, 0.29) is 17.4 Å². The van der Waals surface area contributed by atoms with Crippen LogP contribution in [0.1, 0.15) is 0 Å². The van der Waals surface area contributed by atoms with Gasteiger partial charge < -0.3 is 54.3 Å². The van der Waals surface area contributed by atoms with Crippen molar-refractivity contribution in [2.75, 3.05) is 125 Å². The van der Waals surface area contributed by atoms with Gasteiger partial charge in [-0.3, -0.25) is 27.4 Å². The van der Waals surface area contributed by atoms with Crippen molar-refractivity contribution in [2.24, 2.45) is 0 Å². The van der Waals surface area contributed by atoms with Gasteiger partial charge in [0.1, 0.15) is 0 Å². The molecule has 0 fully saturated rings. The van der Waals surface area contributed by atoms with E-state index in [1.807, 2.05) is 0 Å². The summed E-state index contributed by atoms with van der Waals surface area (Å²) >= 11 is 0. The smallest absolute Gasteiger partial charge is 0.312 e. The van der Waals surface area contributed by atoms with Crippen molar-refractivity contribution in [1.82, 2.24) is 0 Å². The first-order valence-electron chi connectivity index (χ1n) is 12.7. The monoisotopic (exact) mass is 1090 g/mol. The van der Waals surface area contributed by atoms with Gasteiger partial charge in [0.05, 0.1) is 0 Å². The van der Waals surface area contributed by atoms with E-state index in [0.717, 1.165) is 0 Å². The van der Waals surface area contributed by atoms with Crippen LogP contribution in [0, 0.1) is 30.7 Å². The minimum atomic E-state index is -4.94. The van der Waals surface area contributed by atoms with Crippen molar-refractivity contribution in [3.05, 3.63) is 0 Å². The number of hydrogen-bond acceptors (Lipinski definition) is 30. The molecule has 0 N–H and O–H groups in total. The fourth-order valence-electron chi connectivity index (χ4n) is 0.447. The van der Waals surface area contributed by atoms with Crippen LogP contribution in [0.4, 0.5) is 0 Å². The van der Waals surface area contributed by atoms with Gasteiger partial charge in [-0.05, 0) is 0 Å². The molecule has 40 heteroatoms. The van der Waals surface area contributed by atoms with E-state index in [0.29, 0.717) is 0 Å². The molecule has 0 saturated carbocycles. The Labute approximate surface area is 355 Å². The number of halogens is 3. The van der Waals surface area contributed by atoms with Crippen molar-refractivity contribution in [2.45, 2.75) is 0 Å². The molecule has 0 aliphatic heterocycles. The van der Waals surface area contributed by atoms with Gasteiger partial charge in [0.2, 0.25) is 0 Å². The Morgan fingerprint density at radius 3 is 0.276 bits per heavy atom. The van der Waals surface area contributed by atoms with Gasteiger partial charge in [0, 0.05) is 125 Å². The maximum absolute atomic E-state index is 10.5. The summed E-state index contributed by atoms with van der Waals surface area (Å²) in [4.78, 5) is 0. The molecule has 0 bridgehead atoms. The van der Waals surface area contributed by atoms with Crippen LogP contribution in [0.5, 0.6) is 0 Å². The first-order valence-corrected chi connectivity index (χ1v) is 28.4. The average molecular weight is 1090 g/mol. The molecule has 0 aromatic heterocycles. The number of hydrogen-bond donors (Lipinski definition) is 0. The summed E-state index contributed by atoms with van der Waals surface area (Å²) in [6.45, 7) is 8.46. The minimum absolute atomic E-state index is 0. The molecule has 0 aliphatic carbocycles. The normalized spacial score (nSPS) is 11.7. The molecule has 0 aliphatic rings. The summed E-state index contributed by atoms with van der Waals surface area (Å²) < 4.78 is 218. The molecule has 0 heterocycles. The standard InChI is InChI=1S/6C3H9O3P.3ClHO4.Cr/c6*1-5-7(3,4)6-2;3*2-1(3,4)5;/h6*1-3H3;3*(H,2,3,4,5);/q;;;;;;;;;+3/p-3. The zero-order valence-corrected chi connectivity index (χ0v) is 43.4. The van der Waals surface area contributed by atoms with Crippen LogP contribution >= 0.6 is 45.6 Å². The van der Waals surface area contributed by atoms with E-state index in [9.17, 15) is 27.4 Å². The molecule has 0 aromatic rings. The van der Waals surface area contributed by atoms with E-state index in [1.165, 1.54) is 125 Å². The first kappa shape index (κ1) is 83.4. The van der Waals surface area contributed by atoms with Crippen LogP contribution in [-0.2, 0) is 99.0 Å². The van der Waals surface area contributed by atoms with Crippen LogP contribution in [0.25, 0.3) is 0 Å².